The van der Waals surface area contributed by atoms with Gasteiger partial charge in [-0.05, 0) is 12.1 Å². The van der Waals surface area contributed by atoms with Gasteiger partial charge in [0.1, 0.15) is 12.4 Å². The number of aliphatic carboxylic acids is 1. The molecule has 0 unspecified atom stereocenters. The lowest BCUT2D eigenvalue weighted by Gasteiger charge is -2.09. The van der Waals surface area contributed by atoms with Gasteiger partial charge < -0.3 is 15.7 Å². The Morgan fingerprint density at radius 2 is 2.00 bits per heavy atom. The van der Waals surface area contributed by atoms with Gasteiger partial charge in [-0.2, -0.15) is 0 Å². The summed E-state index contributed by atoms with van der Waals surface area (Å²) in [6.45, 7) is -0.471. The molecule has 2 rings (SSSR count). The first kappa shape index (κ1) is 14.1. The Bertz CT molecular complexity index is 660. The SMILES string of the molecule is O=C(O)CNC(=O)CNc1nccc2c(Cl)cccc12. The highest BCUT2D eigenvalue weighted by Crippen LogP contribution is 2.26. The normalized spacial score (nSPS) is 10.2. The molecule has 0 spiro atoms. The summed E-state index contributed by atoms with van der Waals surface area (Å²) in [6, 6.07) is 7.19. The highest BCUT2D eigenvalue weighted by atomic mass is 35.5. The number of amides is 1. The van der Waals surface area contributed by atoms with Gasteiger partial charge in [0.05, 0.1) is 6.54 Å². The molecule has 0 fully saturated rings. The second-order valence-corrected chi connectivity index (χ2v) is 4.43. The lowest BCUT2D eigenvalue weighted by Crippen LogP contribution is -2.34. The highest BCUT2D eigenvalue weighted by Gasteiger charge is 2.07. The van der Waals surface area contributed by atoms with Crippen LogP contribution in [0.25, 0.3) is 10.8 Å². The molecule has 1 aromatic carbocycles. The zero-order valence-corrected chi connectivity index (χ0v) is 11.1. The van der Waals surface area contributed by atoms with Gasteiger partial charge in [0.15, 0.2) is 0 Å². The Morgan fingerprint density at radius 1 is 1.20 bits per heavy atom. The summed E-state index contributed by atoms with van der Waals surface area (Å²) in [5, 5.41) is 15.8. The van der Waals surface area contributed by atoms with Crippen molar-refractivity contribution in [2.75, 3.05) is 18.4 Å². The Labute approximate surface area is 119 Å². The zero-order valence-electron chi connectivity index (χ0n) is 10.4. The third kappa shape index (κ3) is 3.36. The number of carboxylic acid groups (broad SMARTS) is 1. The molecular formula is C13H12ClN3O3. The minimum atomic E-state index is -1.09. The van der Waals surface area contributed by atoms with Gasteiger partial charge in [-0.1, -0.05) is 23.7 Å². The number of hydrogen-bond acceptors (Lipinski definition) is 4. The fraction of sp³-hybridized carbons (Fsp3) is 0.154. The molecule has 0 aliphatic rings. The number of rotatable bonds is 5. The molecule has 20 heavy (non-hydrogen) atoms. The number of carbonyl (C=O) groups is 2. The summed E-state index contributed by atoms with van der Waals surface area (Å²) in [4.78, 5) is 25.9. The Kier molecular flexibility index (Phi) is 4.37. The van der Waals surface area contributed by atoms with Crippen molar-refractivity contribution < 1.29 is 14.7 Å². The van der Waals surface area contributed by atoms with Crippen molar-refractivity contribution in [2.24, 2.45) is 0 Å². The van der Waals surface area contributed by atoms with E-state index in [2.05, 4.69) is 15.6 Å². The maximum Gasteiger partial charge on any atom is 0.322 e. The van der Waals surface area contributed by atoms with Gasteiger partial charge >= 0.3 is 5.97 Å². The van der Waals surface area contributed by atoms with Crippen LogP contribution < -0.4 is 10.6 Å². The van der Waals surface area contributed by atoms with Crippen LogP contribution in [0.5, 0.6) is 0 Å². The number of anilines is 1. The second-order valence-electron chi connectivity index (χ2n) is 4.02. The van der Waals surface area contributed by atoms with E-state index in [-0.39, 0.29) is 6.54 Å². The van der Waals surface area contributed by atoms with Crippen molar-refractivity contribution in [1.82, 2.24) is 10.3 Å². The quantitative estimate of drug-likeness (QED) is 0.777. The predicted molar refractivity (Wildman–Crippen MR) is 75.9 cm³/mol. The summed E-state index contributed by atoms with van der Waals surface area (Å²) in [6.07, 6.45) is 1.59. The van der Waals surface area contributed by atoms with Crippen molar-refractivity contribution in [3.05, 3.63) is 35.5 Å². The van der Waals surface area contributed by atoms with Gasteiger partial charge in [-0.3, -0.25) is 9.59 Å². The summed E-state index contributed by atoms with van der Waals surface area (Å²) in [5.41, 5.74) is 0. The first-order valence-electron chi connectivity index (χ1n) is 5.83. The van der Waals surface area contributed by atoms with Crippen LogP contribution in [-0.4, -0.2) is 35.1 Å². The molecule has 2 aromatic rings. The van der Waals surface area contributed by atoms with E-state index in [0.29, 0.717) is 10.8 Å². The van der Waals surface area contributed by atoms with E-state index >= 15 is 0 Å². The molecule has 1 heterocycles. The lowest BCUT2D eigenvalue weighted by molar-refractivity contribution is -0.137. The maximum absolute atomic E-state index is 11.4. The van der Waals surface area contributed by atoms with Crippen molar-refractivity contribution >= 4 is 40.1 Å². The molecule has 6 nitrogen and oxygen atoms in total. The molecule has 3 N–H and O–H groups in total. The van der Waals surface area contributed by atoms with Crippen LogP contribution in [0.1, 0.15) is 0 Å². The molecule has 0 saturated carbocycles. The number of carbonyl (C=O) groups excluding carboxylic acids is 1. The molecule has 0 aliphatic carbocycles. The third-order valence-corrected chi connectivity index (χ3v) is 2.94. The van der Waals surface area contributed by atoms with Crippen LogP contribution in [0.3, 0.4) is 0 Å². The number of fused-ring (bicyclic) bond motifs is 1. The fourth-order valence-electron chi connectivity index (χ4n) is 1.71. The average molecular weight is 294 g/mol. The van der Waals surface area contributed by atoms with Gasteiger partial charge in [-0.15, -0.1) is 0 Å². The van der Waals surface area contributed by atoms with E-state index in [4.69, 9.17) is 16.7 Å². The summed E-state index contributed by atoms with van der Waals surface area (Å²) >= 11 is 6.08. The molecule has 0 saturated heterocycles. The Balaban J connectivity index is 2.09. The van der Waals surface area contributed by atoms with E-state index in [0.717, 1.165) is 10.8 Å². The van der Waals surface area contributed by atoms with Gasteiger partial charge in [0.25, 0.3) is 0 Å². The standard InChI is InChI=1S/C13H12ClN3O3/c14-10-3-1-2-9-8(10)4-5-15-13(9)17-6-11(18)16-7-12(19)20/h1-5H,6-7H2,(H,15,17)(H,16,18)(H,19,20). The van der Waals surface area contributed by atoms with E-state index in [1.165, 1.54) is 0 Å². The lowest BCUT2D eigenvalue weighted by atomic mass is 10.1. The first-order valence-corrected chi connectivity index (χ1v) is 6.21. The second kappa shape index (κ2) is 6.21. The van der Waals surface area contributed by atoms with Crippen LogP contribution in [0.2, 0.25) is 5.02 Å². The molecule has 0 aliphatic heterocycles. The van der Waals surface area contributed by atoms with Crippen LogP contribution in [0.15, 0.2) is 30.5 Å². The van der Waals surface area contributed by atoms with Gasteiger partial charge in [0, 0.05) is 22.0 Å². The average Bonchev–Trinajstić information content (AvgIpc) is 2.43. The van der Waals surface area contributed by atoms with Crippen molar-refractivity contribution in [3.8, 4) is 0 Å². The van der Waals surface area contributed by atoms with E-state index < -0.39 is 18.4 Å². The molecule has 0 atom stereocenters. The van der Waals surface area contributed by atoms with Crippen LogP contribution in [-0.2, 0) is 9.59 Å². The van der Waals surface area contributed by atoms with Crippen LogP contribution in [0.4, 0.5) is 5.82 Å². The molecule has 7 heteroatoms. The number of nitrogens with zero attached hydrogens (tertiary/aromatic N) is 1. The minimum Gasteiger partial charge on any atom is -0.480 e. The summed E-state index contributed by atoms with van der Waals surface area (Å²) < 4.78 is 0. The number of pyridine rings is 1. The molecule has 1 aromatic heterocycles. The monoisotopic (exact) mass is 293 g/mol. The topological polar surface area (TPSA) is 91.3 Å². The minimum absolute atomic E-state index is 0.0636. The number of nitrogens with one attached hydrogen (secondary N) is 2. The van der Waals surface area contributed by atoms with Gasteiger partial charge in [0.2, 0.25) is 5.91 Å². The number of halogens is 1. The zero-order chi connectivity index (χ0) is 14.5. The summed E-state index contributed by atoms with van der Waals surface area (Å²) in [5.74, 6) is -0.989. The van der Waals surface area contributed by atoms with Gasteiger partial charge in [-0.25, -0.2) is 4.98 Å². The third-order valence-electron chi connectivity index (χ3n) is 2.61. The summed E-state index contributed by atoms with van der Waals surface area (Å²) in [7, 11) is 0. The Hall–Kier alpha value is -2.34. The number of aromatic nitrogens is 1. The molecule has 104 valence electrons. The largest absolute Gasteiger partial charge is 0.480 e. The predicted octanol–water partition coefficient (Wildman–Crippen LogP) is 1.50. The maximum atomic E-state index is 11.4. The highest BCUT2D eigenvalue weighted by molar-refractivity contribution is 6.35. The van der Waals surface area contributed by atoms with E-state index in [9.17, 15) is 9.59 Å². The fourth-order valence-corrected chi connectivity index (χ4v) is 1.95. The van der Waals surface area contributed by atoms with Crippen molar-refractivity contribution in [3.63, 3.8) is 0 Å². The Morgan fingerprint density at radius 3 is 2.75 bits per heavy atom. The van der Waals surface area contributed by atoms with Crippen molar-refractivity contribution in [1.29, 1.82) is 0 Å². The smallest absolute Gasteiger partial charge is 0.322 e. The number of hydrogen-bond donors (Lipinski definition) is 3. The number of carboxylic acids is 1. The van der Waals surface area contributed by atoms with Crippen LogP contribution >= 0.6 is 11.6 Å². The van der Waals surface area contributed by atoms with Crippen molar-refractivity contribution in [2.45, 2.75) is 0 Å². The molecule has 0 bridgehead atoms. The van der Waals surface area contributed by atoms with E-state index in [1.807, 2.05) is 6.07 Å². The molecular weight excluding hydrogens is 282 g/mol. The molecule has 1 amide bonds. The van der Waals surface area contributed by atoms with E-state index in [1.54, 1.807) is 24.4 Å². The first-order chi connectivity index (χ1) is 9.58. The van der Waals surface area contributed by atoms with Crippen LogP contribution in [0, 0.1) is 0 Å². The number of benzene rings is 1. The molecule has 0 radical (unpaired) electrons.